The van der Waals surface area contributed by atoms with Gasteiger partial charge in [-0.3, -0.25) is 19.2 Å². The summed E-state index contributed by atoms with van der Waals surface area (Å²) < 4.78 is 5.06. The van der Waals surface area contributed by atoms with E-state index in [1.807, 2.05) is 0 Å². The van der Waals surface area contributed by atoms with Gasteiger partial charge in [0.2, 0.25) is 0 Å². The second kappa shape index (κ2) is 9.63. The van der Waals surface area contributed by atoms with Crippen molar-refractivity contribution in [3.8, 4) is 0 Å². The van der Waals surface area contributed by atoms with Gasteiger partial charge < -0.3 is 15.4 Å². The molecule has 1 atom stereocenters. The summed E-state index contributed by atoms with van der Waals surface area (Å²) in [5.74, 6) is -1.40. The monoisotopic (exact) mass is 388 g/mol. The fourth-order valence-electron chi connectivity index (χ4n) is 2.12. The number of esters is 1. The summed E-state index contributed by atoms with van der Waals surface area (Å²) in [4.78, 5) is 46.9. The van der Waals surface area contributed by atoms with Gasteiger partial charge in [-0.2, -0.15) is 11.3 Å². The summed E-state index contributed by atoms with van der Waals surface area (Å²) >= 11 is 1.41. The van der Waals surface area contributed by atoms with Gasteiger partial charge in [0.15, 0.2) is 11.9 Å². The van der Waals surface area contributed by atoms with Crippen molar-refractivity contribution >= 4 is 40.6 Å². The van der Waals surface area contributed by atoms with Crippen molar-refractivity contribution in [1.29, 1.82) is 0 Å². The second-order valence-electron chi connectivity index (χ2n) is 5.77. The molecule has 1 heterocycles. The summed E-state index contributed by atoms with van der Waals surface area (Å²) in [6.07, 6.45) is -1.03. The Hall–Kier alpha value is -3.00. The van der Waals surface area contributed by atoms with Crippen LogP contribution in [-0.2, 0) is 14.3 Å². The Morgan fingerprint density at radius 1 is 1.07 bits per heavy atom. The maximum Gasteiger partial charge on any atom is 0.308 e. The van der Waals surface area contributed by atoms with Gasteiger partial charge in [0.1, 0.15) is 0 Å². The van der Waals surface area contributed by atoms with Crippen LogP contribution in [0.1, 0.15) is 41.0 Å². The lowest BCUT2D eigenvalue weighted by Crippen LogP contribution is -2.32. The molecule has 1 aromatic carbocycles. The molecule has 0 aliphatic carbocycles. The van der Waals surface area contributed by atoms with E-state index in [-0.39, 0.29) is 24.7 Å². The molecule has 0 fully saturated rings. The number of amides is 2. The standard InChI is InChI=1S/C19H20N2O5S/c1-12(22)14-3-5-16(6-4-14)21-18(24)13(2)26-17(23)7-9-20-19(25)15-8-10-27-11-15/h3-6,8,10-11,13H,7,9H2,1-2H3,(H,20,25)(H,21,24). The first kappa shape index (κ1) is 20.3. The van der Waals surface area contributed by atoms with Crippen LogP contribution in [0, 0.1) is 0 Å². The van der Waals surface area contributed by atoms with Crippen molar-refractivity contribution in [2.45, 2.75) is 26.4 Å². The van der Waals surface area contributed by atoms with Gasteiger partial charge in [-0.05, 0) is 49.6 Å². The maximum absolute atomic E-state index is 12.1. The van der Waals surface area contributed by atoms with Crippen LogP contribution in [0.2, 0.25) is 0 Å². The third-order valence-corrected chi connectivity index (χ3v) is 4.32. The number of ketones is 1. The Morgan fingerprint density at radius 3 is 2.37 bits per heavy atom. The highest BCUT2D eigenvalue weighted by atomic mass is 32.1. The predicted molar refractivity (Wildman–Crippen MR) is 102 cm³/mol. The third kappa shape index (κ3) is 6.34. The number of nitrogens with one attached hydrogen (secondary N) is 2. The molecule has 2 aromatic rings. The highest BCUT2D eigenvalue weighted by Crippen LogP contribution is 2.11. The Bertz CT molecular complexity index is 815. The normalized spacial score (nSPS) is 11.3. The molecular formula is C19H20N2O5S. The summed E-state index contributed by atoms with van der Waals surface area (Å²) in [5, 5.41) is 8.72. The van der Waals surface area contributed by atoms with E-state index in [1.54, 1.807) is 41.1 Å². The highest BCUT2D eigenvalue weighted by Gasteiger charge is 2.18. The zero-order valence-corrected chi connectivity index (χ0v) is 15.8. The molecule has 0 aliphatic heterocycles. The van der Waals surface area contributed by atoms with Crippen molar-refractivity contribution in [1.82, 2.24) is 5.32 Å². The van der Waals surface area contributed by atoms with E-state index in [4.69, 9.17) is 4.74 Å². The number of benzene rings is 1. The largest absolute Gasteiger partial charge is 0.452 e. The van der Waals surface area contributed by atoms with Crippen LogP contribution < -0.4 is 10.6 Å². The topological polar surface area (TPSA) is 102 Å². The number of Topliss-reactive ketones (excluding diaryl/α,β-unsaturated/α-hetero) is 1. The average molecular weight is 388 g/mol. The number of carbonyl (C=O) groups is 4. The smallest absolute Gasteiger partial charge is 0.308 e. The van der Waals surface area contributed by atoms with E-state index in [0.717, 1.165) is 0 Å². The fraction of sp³-hybridized carbons (Fsp3) is 0.263. The van der Waals surface area contributed by atoms with Gasteiger partial charge in [-0.15, -0.1) is 0 Å². The van der Waals surface area contributed by atoms with Crippen LogP contribution in [0.5, 0.6) is 0 Å². The zero-order valence-electron chi connectivity index (χ0n) is 15.0. The molecule has 0 aliphatic rings. The van der Waals surface area contributed by atoms with Crippen LogP contribution in [0.4, 0.5) is 5.69 Å². The van der Waals surface area contributed by atoms with Gasteiger partial charge in [0, 0.05) is 28.7 Å². The molecule has 8 heteroatoms. The lowest BCUT2D eigenvalue weighted by molar-refractivity contribution is -0.153. The van der Waals surface area contributed by atoms with Gasteiger partial charge in [0.05, 0.1) is 6.42 Å². The zero-order chi connectivity index (χ0) is 19.8. The first-order valence-electron chi connectivity index (χ1n) is 8.28. The van der Waals surface area contributed by atoms with Crippen LogP contribution in [-0.4, -0.2) is 36.2 Å². The Balaban J connectivity index is 1.73. The van der Waals surface area contributed by atoms with Gasteiger partial charge in [-0.1, -0.05) is 0 Å². The molecule has 1 unspecified atom stereocenters. The molecule has 2 rings (SSSR count). The number of ether oxygens (including phenoxy) is 1. The maximum atomic E-state index is 12.1. The van der Waals surface area contributed by atoms with Crippen molar-refractivity contribution in [2.24, 2.45) is 0 Å². The van der Waals surface area contributed by atoms with E-state index < -0.39 is 18.0 Å². The average Bonchev–Trinajstić information content (AvgIpc) is 3.16. The highest BCUT2D eigenvalue weighted by molar-refractivity contribution is 7.08. The van der Waals surface area contributed by atoms with E-state index >= 15 is 0 Å². The van der Waals surface area contributed by atoms with Crippen molar-refractivity contribution in [3.05, 3.63) is 52.2 Å². The molecule has 2 N–H and O–H groups in total. The Morgan fingerprint density at radius 2 is 1.78 bits per heavy atom. The minimum Gasteiger partial charge on any atom is -0.452 e. The van der Waals surface area contributed by atoms with Gasteiger partial charge >= 0.3 is 5.97 Å². The first-order valence-corrected chi connectivity index (χ1v) is 9.23. The SMILES string of the molecule is CC(=O)c1ccc(NC(=O)C(C)OC(=O)CCNC(=O)c2ccsc2)cc1. The molecule has 142 valence electrons. The number of carbonyl (C=O) groups excluding carboxylic acids is 4. The number of thiophene rings is 1. The van der Waals surface area contributed by atoms with Gasteiger partial charge in [-0.25, -0.2) is 0 Å². The Labute approximate surface area is 160 Å². The van der Waals surface area contributed by atoms with Crippen molar-refractivity contribution < 1.29 is 23.9 Å². The van der Waals surface area contributed by atoms with Crippen molar-refractivity contribution in [3.63, 3.8) is 0 Å². The molecule has 0 saturated heterocycles. The van der Waals surface area contributed by atoms with Crippen LogP contribution in [0.15, 0.2) is 41.1 Å². The summed E-state index contributed by atoms with van der Waals surface area (Å²) in [7, 11) is 0. The lowest BCUT2D eigenvalue weighted by Gasteiger charge is -2.14. The molecular weight excluding hydrogens is 368 g/mol. The quantitative estimate of drug-likeness (QED) is 0.535. The van der Waals surface area contributed by atoms with Crippen LogP contribution in [0.25, 0.3) is 0 Å². The minimum absolute atomic E-state index is 0.0409. The van der Waals surface area contributed by atoms with E-state index in [2.05, 4.69) is 10.6 Å². The number of rotatable bonds is 8. The minimum atomic E-state index is -0.988. The molecule has 0 bridgehead atoms. The molecule has 2 amide bonds. The molecule has 7 nitrogen and oxygen atoms in total. The molecule has 0 saturated carbocycles. The predicted octanol–water partition coefficient (Wildman–Crippen LogP) is 2.64. The lowest BCUT2D eigenvalue weighted by atomic mass is 10.1. The summed E-state index contributed by atoms with van der Waals surface area (Å²) in [6, 6.07) is 8.09. The molecule has 0 radical (unpaired) electrons. The van der Waals surface area contributed by atoms with E-state index in [0.29, 0.717) is 16.8 Å². The van der Waals surface area contributed by atoms with Crippen LogP contribution >= 0.6 is 11.3 Å². The van der Waals surface area contributed by atoms with E-state index in [1.165, 1.54) is 25.2 Å². The third-order valence-electron chi connectivity index (χ3n) is 3.63. The first-order chi connectivity index (χ1) is 12.9. The second-order valence-corrected chi connectivity index (χ2v) is 6.55. The molecule has 1 aromatic heterocycles. The summed E-state index contributed by atoms with van der Waals surface area (Å²) in [6.45, 7) is 3.04. The summed E-state index contributed by atoms with van der Waals surface area (Å²) in [5.41, 5.74) is 1.57. The number of anilines is 1. The van der Waals surface area contributed by atoms with Crippen molar-refractivity contribution in [2.75, 3.05) is 11.9 Å². The molecule has 27 heavy (non-hydrogen) atoms. The number of hydrogen-bond donors (Lipinski definition) is 2. The van der Waals surface area contributed by atoms with E-state index in [9.17, 15) is 19.2 Å². The van der Waals surface area contributed by atoms with Crippen LogP contribution in [0.3, 0.4) is 0 Å². The molecule has 0 spiro atoms. The van der Waals surface area contributed by atoms with Gasteiger partial charge in [0.25, 0.3) is 11.8 Å². The Kier molecular flexibility index (Phi) is 7.25. The number of hydrogen-bond acceptors (Lipinski definition) is 6. The fourth-order valence-corrected chi connectivity index (χ4v) is 2.75.